The third-order valence-corrected chi connectivity index (χ3v) is 5.04. The molecule has 1 atom stereocenters. The zero-order valence-electron chi connectivity index (χ0n) is 22.9. The molecule has 0 bridgehead atoms. The summed E-state index contributed by atoms with van der Waals surface area (Å²) >= 11 is 0. The Hall–Kier alpha value is -5.12. The van der Waals surface area contributed by atoms with E-state index in [2.05, 4.69) is 124 Å². The number of terminal acetylenes is 1. The highest BCUT2D eigenvalue weighted by Gasteiger charge is 2.33. The van der Waals surface area contributed by atoms with Crippen LogP contribution < -0.4 is 0 Å². The van der Waals surface area contributed by atoms with E-state index in [1.165, 1.54) is 0 Å². The zero-order valence-corrected chi connectivity index (χ0v) is 22.9. The number of likely N-dealkylation sites (N-methyl/N-ethyl adjacent to an activating group) is 1. The SMILES string of the molecule is C#CC#CC#CC#CC#CC#CC#CC#CC#CC#CC#C[N+](CCO)(CCO)CC(O)C[N+](C)(CCO)CCO. The summed E-state index contributed by atoms with van der Waals surface area (Å²) in [6, 6.07) is 2.92. The van der Waals surface area contributed by atoms with Crippen molar-refractivity contribution in [3.8, 4) is 131 Å². The Balaban J connectivity index is 5.26. The molecule has 1 unspecified atom stereocenters. The molecule has 0 aromatic rings. The minimum atomic E-state index is -0.870. The molecule has 0 fully saturated rings. The summed E-state index contributed by atoms with van der Waals surface area (Å²) in [5.74, 6) is 49.4. The summed E-state index contributed by atoms with van der Waals surface area (Å²) in [6.45, 7) is 0.842. The Morgan fingerprint density at radius 3 is 1.12 bits per heavy atom. The van der Waals surface area contributed by atoms with Crippen molar-refractivity contribution in [2.75, 3.05) is 72.7 Å². The summed E-state index contributed by atoms with van der Waals surface area (Å²) < 4.78 is 0.177. The van der Waals surface area contributed by atoms with Crippen LogP contribution in [-0.4, -0.2) is 113 Å². The molecule has 0 spiro atoms. The van der Waals surface area contributed by atoms with Crippen LogP contribution in [0, 0.1) is 131 Å². The number of rotatable bonds is 12. The largest absolute Gasteiger partial charge is 0.391 e. The maximum atomic E-state index is 10.7. The molecule has 0 aliphatic heterocycles. The van der Waals surface area contributed by atoms with Crippen LogP contribution in [0.15, 0.2) is 0 Å². The molecule has 0 rings (SSSR count). The Morgan fingerprint density at radius 2 is 0.805 bits per heavy atom. The molecule has 0 aliphatic carbocycles. The van der Waals surface area contributed by atoms with E-state index in [0.717, 1.165) is 0 Å². The summed E-state index contributed by atoms with van der Waals surface area (Å²) in [6.07, 6.45) is 4.07. The predicted octanol–water partition coefficient (Wildman–Crippen LogP) is -2.80. The van der Waals surface area contributed by atoms with Crippen LogP contribution in [-0.2, 0) is 0 Å². The molecular weight excluding hydrogens is 516 g/mol. The van der Waals surface area contributed by atoms with Gasteiger partial charge in [0.05, 0.1) is 39.4 Å². The third-order valence-electron chi connectivity index (χ3n) is 5.04. The molecule has 0 heterocycles. The number of nitrogens with zero attached hydrogens (tertiary/aromatic N) is 2. The van der Waals surface area contributed by atoms with Gasteiger partial charge in [0.15, 0.2) is 12.1 Å². The highest BCUT2D eigenvalue weighted by Crippen LogP contribution is 2.11. The first-order valence-electron chi connectivity index (χ1n) is 12.2. The quantitative estimate of drug-likeness (QED) is 0.135. The Kier molecular flexibility index (Phi) is 21.0. The van der Waals surface area contributed by atoms with Crippen molar-refractivity contribution in [2.45, 2.75) is 6.10 Å². The number of aliphatic hydroxyl groups is 5. The molecular formula is C34H30N2O5+2. The van der Waals surface area contributed by atoms with Crippen molar-refractivity contribution in [2.24, 2.45) is 0 Å². The third kappa shape index (κ3) is 19.6. The minimum absolute atomic E-state index is 0.0850. The van der Waals surface area contributed by atoms with Gasteiger partial charge in [0.1, 0.15) is 39.3 Å². The van der Waals surface area contributed by atoms with Crippen molar-refractivity contribution in [3.05, 3.63) is 0 Å². The van der Waals surface area contributed by atoms with Gasteiger partial charge in [-0.2, -0.15) is 0 Å². The van der Waals surface area contributed by atoms with Gasteiger partial charge >= 0.3 is 0 Å². The van der Waals surface area contributed by atoms with Crippen LogP contribution in [0.4, 0.5) is 0 Å². The van der Waals surface area contributed by atoms with E-state index < -0.39 is 6.10 Å². The van der Waals surface area contributed by atoms with Gasteiger partial charge in [-0.1, -0.05) is 0 Å². The minimum Gasteiger partial charge on any atom is -0.391 e. The lowest BCUT2D eigenvalue weighted by Crippen LogP contribution is -2.58. The van der Waals surface area contributed by atoms with E-state index in [9.17, 15) is 25.5 Å². The normalized spacial score (nSPS) is 9.10. The second-order valence-electron chi connectivity index (χ2n) is 8.20. The highest BCUT2D eigenvalue weighted by molar-refractivity contribution is 5.47. The molecule has 0 saturated heterocycles. The lowest BCUT2D eigenvalue weighted by Gasteiger charge is -2.38. The first-order valence-corrected chi connectivity index (χ1v) is 12.2. The molecule has 7 heteroatoms. The van der Waals surface area contributed by atoms with Crippen molar-refractivity contribution in [1.82, 2.24) is 0 Å². The lowest BCUT2D eigenvalue weighted by atomic mass is 10.2. The lowest BCUT2D eigenvalue weighted by molar-refractivity contribution is -0.921. The number of quaternary nitrogens is 2. The molecule has 7 nitrogen and oxygen atoms in total. The number of aliphatic hydroxyl groups excluding tert-OH is 5. The average Bonchev–Trinajstić information content (AvgIpc) is 2.92. The maximum Gasteiger partial charge on any atom is 0.153 e. The second-order valence-corrected chi connectivity index (χ2v) is 8.20. The van der Waals surface area contributed by atoms with E-state index in [1.807, 2.05) is 7.05 Å². The second kappa shape index (κ2) is 24.0. The average molecular weight is 547 g/mol. The summed E-state index contributed by atoms with van der Waals surface area (Å²) in [7, 11) is 1.83. The van der Waals surface area contributed by atoms with Crippen LogP contribution in [0.2, 0.25) is 0 Å². The van der Waals surface area contributed by atoms with Crippen molar-refractivity contribution >= 4 is 0 Å². The fourth-order valence-corrected chi connectivity index (χ4v) is 3.30. The summed E-state index contributed by atoms with van der Waals surface area (Å²) in [5.41, 5.74) is 0. The van der Waals surface area contributed by atoms with Crippen LogP contribution in [0.5, 0.6) is 0 Å². The fraction of sp³-hybridized carbons (Fsp3) is 0.353. The first kappa shape index (κ1) is 35.9. The highest BCUT2D eigenvalue weighted by atomic mass is 16.3. The van der Waals surface area contributed by atoms with Crippen molar-refractivity contribution in [1.29, 1.82) is 0 Å². The molecule has 0 aromatic carbocycles. The Bertz CT molecular complexity index is 1540. The Morgan fingerprint density at radius 1 is 0.488 bits per heavy atom. The first-order chi connectivity index (χ1) is 19.9. The van der Waals surface area contributed by atoms with Gasteiger partial charge < -0.3 is 30.0 Å². The van der Waals surface area contributed by atoms with Gasteiger partial charge in [0.2, 0.25) is 0 Å². The van der Waals surface area contributed by atoms with Gasteiger partial charge in [-0.3, -0.25) is 0 Å². The fourth-order valence-electron chi connectivity index (χ4n) is 3.30. The van der Waals surface area contributed by atoms with E-state index in [1.54, 1.807) is 0 Å². The molecule has 5 N–H and O–H groups in total. The maximum absolute atomic E-state index is 10.7. The predicted molar refractivity (Wildman–Crippen MR) is 157 cm³/mol. The van der Waals surface area contributed by atoms with Crippen molar-refractivity contribution < 1.29 is 34.5 Å². The van der Waals surface area contributed by atoms with Crippen molar-refractivity contribution in [3.63, 3.8) is 0 Å². The molecule has 0 radical (unpaired) electrons. The summed E-state index contributed by atoms with van der Waals surface area (Å²) in [5, 5.41) is 48.6. The van der Waals surface area contributed by atoms with Gasteiger partial charge in [0, 0.05) is 65.1 Å². The van der Waals surface area contributed by atoms with Crippen LogP contribution in [0.25, 0.3) is 0 Å². The Labute approximate surface area is 244 Å². The van der Waals surface area contributed by atoms with Crippen LogP contribution in [0.1, 0.15) is 0 Å². The van der Waals surface area contributed by atoms with E-state index in [0.29, 0.717) is 13.1 Å². The molecule has 204 valence electrons. The van der Waals surface area contributed by atoms with Crippen LogP contribution >= 0.6 is 0 Å². The monoisotopic (exact) mass is 546 g/mol. The van der Waals surface area contributed by atoms with Gasteiger partial charge in [-0.15, -0.1) is 6.42 Å². The van der Waals surface area contributed by atoms with Gasteiger partial charge in [0.25, 0.3) is 0 Å². The van der Waals surface area contributed by atoms with Gasteiger partial charge in [-0.25, -0.2) is 4.48 Å². The molecule has 0 amide bonds. The van der Waals surface area contributed by atoms with E-state index >= 15 is 0 Å². The number of hydrogen-bond donors (Lipinski definition) is 5. The summed E-state index contributed by atoms with van der Waals surface area (Å²) in [4.78, 5) is 0. The van der Waals surface area contributed by atoms with Gasteiger partial charge in [-0.05, 0) is 47.4 Å². The zero-order chi connectivity index (χ0) is 30.5. The topological polar surface area (TPSA) is 101 Å². The molecule has 0 aliphatic rings. The van der Waals surface area contributed by atoms with Crippen LogP contribution in [0.3, 0.4) is 0 Å². The standard InChI is InChI=1S/C34H30N2O5/c1-3-4-5-6-7-8-9-10-11-12-13-14-15-16-17-18-19-20-21-22-23-36(26-30-39,27-31-40)33-34(41)32-35(2,24-28-37)25-29-38/h1,34,37-41H,24-33H2,2H3/q+2. The molecule has 0 saturated carbocycles. The molecule has 0 aromatic heterocycles. The molecule has 41 heavy (non-hydrogen) atoms. The van der Waals surface area contributed by atoms with E-state index in [4.69, 9.17) is 6.42 Å². The number of hydrogen-bond acceptors (Lipinski definition) is 5. The smallest absolute Gasteiger partial charge is 0.153 e. The van der Waals surface area contributed by atoms with E-state index in [-0.39, 0.29) is 61.6 Å².